The van der Waals surface area contributed by atoms with Crippen molar-refractivity contribution in [3.05, 3.63) is 18.2 Å². The van der Waals surface area contributed by atoms with Gasteiger partial charge in [-0.2, -0.15) is 4.31 Å². The predicted octanol–water partition coefficient (Wildman–Crippen LogP) is 1.07. The van der Waals surface area contributed by atoms with E-state index in [0.29, 0.717) is 31.9 Å². The Kier molecular flexibility index (Phi) is 6.38. The molecule has 3 aliphatic heterocycles. The van der Waals surface area contributed by atoms with Gasteiger partial charge in [0.15, 0.2) is 0 Å². The minimum atomic E-state index is -3.59. The molecule has 3 aliphatic rings. The third-order valence-electron chi connectivity index (χ3n) is 6.04. The maximum Gasteiger partial charge on any atom is 0.243 e. The number of amides is 2. The van der Waals surface area contributed by atoms with Gasteiger partial charge >= 0.3 is 0 Å². The number of hydrogen-bond acceptors (Lipinski definition) is 6. The Morgan fingerprint density at radius 2 is 1.77 bits per heavy atom. The molecule has 164 valence electrons. The molecule has 8 nitrogen and oxygen atoms in total. The van der Waals surface area contributed by atoms with E-state index in [9.17, 15) is 18.0 Å². The molecule has 0 spiro atoms. The van der Waals surface area contributed by atoms with Gasteiger partial charge in [0.05, 0.1) is 16.3 Å². The highest BCUT2D eigenvalue weighted by molar-refractivity contribution is 8.00. The maximum atomic E-state index is 13.0. The predicted molar refractivity (Wildman–Crippen MR) is 116 cm³/mol. The van der Waals surface area contributed by atoms with E-state index >= 15 is 0 Å². The fourth-order valence-corrected chi connectivity index (χ4v) is 6.60. The summed E-state index contributed by atoms with van der Waals surface area (Å²) in [7, 11) is -3.59. The Morgan fingerprint density at radius 1 is 1.07 bits per heavy atom. The largest absolute Gasteiger partial charge is 0.339 e. The molecule has 2 saturated heterocycles. The number of fused-ring (bicyclic) bond motifs is 1. The topological polar surface area (TPSA) is 81.2 Å². The van der Waals surface area contributed by atoms with Gasteiger partial charge in [-0.3, -0.25) is 9.59 Å². The van der Waals surface area contributed by atoms with E-state index in [1.165, 1.54) is 21.0 Å². The summed E-state index contributed by atoms with van der Waals surface area (Å²) in [4.78, 5) is 32.1. The molecule has 0 radical (unpaired) electrons. The average molecular weight is 453 g/mol. The highest BCUT2D eigenvalue weighted by Gasteiger charge is 2.32. The van der Waals surface area contributed by atoms with Gasteiger partial charge in [-0.05, 0) is 37.6 Å². The Morgan fingerprint density at radius 3 is 2.43 bits per heavy atom. The number of benzene rings is 1. The number of carbonyl (C=O) groups excluding carboxylic acids is 2. The second kappa shape index (κ2) is 8.86. The molecule has 2 fully saturated rings. The fourth-order valence-electron chi connectivity index (χ4n) is 4.14. The van der Waals surface area contributed by atoms with Crippen molar-refractivity contribution in [3.8, 4) is 0 Å². The first-order valence-electron chi connectivity index (χ1n) is 10.5. The van der Waals surface area contributed by atoms with Crippen molar-refractivity contribution in [1.82, 2.24) is 14.1 Å². The van der Waals surface area contributed by atoms with Crippen molar-refractivity contribution >= 4 is 39.3 Å². The van der Waals surface area contributed by atoms with Gasteiger partial charge in [0.2, 0.25) is 21.8 Å². The lowest BCUT2D eigenvalue weighted by Gasteiger charge is -2.36. The minimum absolute atomic E-state index is 0.0499. The Bertz CT molecular complexity index is 923. The van der Waals surface area contributed by atoms with E-state index in [2.05, 4.69) is 11.8 Å². The summed E-state index contributed by atoms with van der Waals surface area (Å²) in [6.07, 6.45) is 1.73. The third-order valence-corrected chi connectivity index (χ3v) is 8.98. The van der Waals surface area contributed by atoms with Crippen LogP contribution in [0.1, 0.15) is 19.8 Å². The maximum absolute atomic E-state index is 13.0. The number of piperazine rings is 1. The monoisotopic (exact) mass is 452 g/mol. The van der Waals surface area contributed by atoms with E-state index in [1.54, 1.807) is 23.1 Å². The third kappa shape index (κ3) is 4.23. The zero-order valence-corrected chi connectivity index (χ0v) is 18.9. The van der Waals surface area contributed by atoms with Crippen LogP contribution >= 0.6 is 11.8 Å². The average Bonchev–Trinajstić information content (AvgIpc) is 3.31. The quantitative estimate of drug-likeness (QED) is 0.665. The van der Waals surface area contributed by atoms with Crippen molar-refractivity contribution in [2.24, 2.45) is 0 Å². The summed E-state index contributed by atoms with van der Waals surface area (Å²) in [5.41, 5.74) is 0.525. The van der Waals surface area contributed by atoms with Crippen LogP contribution in [0, 0.1) is 0 Å². The lowest BCUT2D eigenvalue weighted by molar-refractivity contribution is -0.132. The van der Waals surface area contributed by atoms with Gasteiger partial charge in [-0.1, -0.05) is 6.92 Å². The summed E-state index contributed by atoms with van der Waals surface area (Å²) < 4.78 is 27.4. The zero-order chi connectivity index (χ0) is 21.3. The molecule has 1 aromatic rings. The van der Waals surface area contributed by atoms with Gasteiger partial charge < -0.3 is 14.7 Å². The number of carbonyl (C=O) groups is 2. The van der Waals surface area contributed by atoms with E-state index in [0.717, 1.165) is 37.4 Å². The Labute approximate surface area is 182 Å². The number of sulfonamides is 1. The molecule has 0 aromatic heterocycles. The van der Waals surface area contributed by atoms with E-state index in [1.807, 2.05) is 0 Å². The van der Waals surface area contributed by atoms with Crippen LogP contribution in [0.2, 0.25) is 0 Å². The van der Waals surface area contributed by atoms with Crippen molar-refractivity contribution in [1.29, 1.82) is 0 Å². The lowest BCUT2D eigenvalue weighted by Crippen LogP contribution is -2.52. The molecule has 4 rings (SSSR count). The van der Waals surface area contributed by atoms with Crippen LogP contribution in [0.25, 0.3) is 0 Å². The second-order valence-corrected chi connectivity index (χ2v) is 10.8. The fraction of sp³-hybridized carbons (Fsp3) is 0.600. The van der Waals surface area contributed by atoms with Crippen LogP contribution < -0.4 is 4.90 Å². The van der Waals surface area contributed by atoms with Gasteiger partial charge in [0, 0.05) is 44.2 Å². The van der Waals surface area contributed by atoms with Gasteiger partial charge in [0.25, 0.3) is 0 Å². The van der Waals surface area contributed by atoms with Crippen molar-refractivity contribution in [2.75, 3.05) is 63.0 Å². The van der Waals surface area contributed by atoms with Crippen LogP contribution in [0.4, 0.5) is 5.69 Å². The van der Waals surface area contributed by atoms with Crippen molar-refractivity contribution in [3.63, 3.8) is 0 Å². The van der Waals surface area contributed by atoms with Gasteiger partial charge in [-0.25, -0.2) is 8.42 Å². The molecule has 0 N–H and O–H groups in total. The van der Waals surface area contributed by atoms with E-state index < -0.39 is 10.0 Å². The van der Waals surface area contributed by atoms with Crippen LogP contribution in [-0.4, -0.2) is 92.4 Å². The number of hydrogen-bond donors (Lipinski definition) is 0. The highest BCUT2D eigenvalue weighted by Crippen LogP contribution is 2.37. The standard InChI is InChI=1S/C20H28N4O4S2/c1-2-21-9-11-22(12-10-21)19(25)14-24-17-13-16(5-6-18(17)29-15-20(24)26)30(27,28)23-7-3-4-8-23/h5-6,13H,2-4,7-12,14-15H2,1H3. The number of nitrogens with zero attached hydrogens (tertiary/aromatic N) is 4. The molecule has 3 heterocycles. The number of anilines is 1. The second-order valence-electron chi connectivity index (χ2n) is 7.82. The summed E-state index contributed by atoms with van der Waals surface area (Å²) in [6.45, 7) is 7.04. The van der Waals surface area contributed by atoms with Crippen LogP contribution in [-0.2, 0) is 19.6 Å². The first-order valence-corrected chi connectivity index (χ1v) is 12.9. The highest BCUT2D eigenvalue weighted by atomic mass is 32.2. The number of rotatable bonds is 5. The zero-order valence-electron chi connectivity index (χ0n) is 17.2. The van der Waals surface area contributed by atoms with E-state index in [4.69, 9.17) is 0 Å². The van der Waals surface area contributed by atoms with Gasteiger partial charge in [0.1, 0.15) is 6.54 Å². The first kappa shape index (κ1) is 21.6. The minimum Gasteiger partial charge on any atom is -0.339 e. The molecule has 1 aromatic carbocycles. The Hall–Kier alpha value is -1.62. The normalized spacial score (nSPS) is 21.2. The molecular formula is C20H28N4O4S2. The molecule has 0 aliphatic carbocycles. The summed E-state index contributed by atoms with van der Waals surface area (Å²) in [5.74, 6) is -0.00390. The van der Waals surface area contributed by atoms with Crippen LogP contribution in [0.5, 0.6) is 0 Å². The van der Waals surface area contributed by atoms with Crippen molar-refractivity contribution in [2.45, 2.75) is 29.6 Å². The summed E-state index contributed by atoms with van der Waals surface area (Å²) >= 11 is 1.39. The molecule has 0 unspecified atom stereocenters. The molecule has 0 atom stereocenters. The SMILES string of the molecule is CCN1CCN(C(=O)CN2C(=O)CSc3ccc(S(=O)(=O)N4CCCC4)cc32)CC1. The van der Waals surface area contributed by atoms with Gasteiger partial charge in [-0.15, -0.1) is 11.8 Å². The molecule has 30 heavy (non-hydrogen) atoms. The Balaban J connectivity index is 1.55. The molecule has 10 heteroatoms. The summed E-state index contributed by atoms with van der Waals surface area (Å²) in [6, 6.07) is 4.93. The molecule has 2 amide bonds. The molecule has 0 saturated carbocycles. The van der Waals surface area contributed by atoms with Crippen LogP contribution in [0.3, 0.4) is 0 Å². The number of likely N-dealkylation sites (N-methyl/N-ethyl adjacent to an activating group) is 1. The van der Waals surface area contributed by atoms with Crippen LogP contribution in [0.15, 0.2) is 28.0 Å². The smallest absolute Gasteiger partial charge is 0.243 e. The molecular weight excluding hydrogens is 424 g/mol. The lowest BCUT2D eigenvalue weighted by atomic mass is 10.2. The van der Waals surface area contributed by atoms with E-state index in [-0.39, 0.29) is 29.0 Å². The summed E-state index contributed by atoms with van der Waals surface area (Å²) in [5, 5.41) is 0. The first-order chi connectivity index (χ1) is 14.4. The van der Waals surface area contributed by atoms with Crippen molar-refractivity contribution < 1.29 is 18.0 Å². The number of thioether (sulfide) groups is 1. The molecule has 0 bridgehead atoms.